The van der Waals surface area contributed by atoms with Crippen LogP contribution in [0, 0.1) is 0 Å². The van der Waals surface area contributed by atoms with E-state index >= 15 is 0 Å². The quantitative estimate of drug-likeness (QED) is 0.685. The average Bonchev–Trinajstić information content (AvgIpc) is 2.35. The summed E-state index contributed by atoms with van der Waals surface area (Å²) in [5.74, 6) is -0.606. The minimum atomic E-state index is -0.760. The Labute approximate surface area is 126 Å². The molecule has 1 aromatic rings. The molecular weight excluding hydrogens is 266 g/mol. The van der Waals surface area contributed by atoms with Crippen molar-refractivity contribution >= 4 is 11.9 Å². The highest BCUT2D eigenvalue weighted by Crippen LogP contribution is 2.22. The molecule has 4 heteroatoms. The van der Waals surface area contributed by atoms with Crippen LogP contribution in [0.15, 0.2) is 42.5 Å². The molecule has 0 aromatic heterocycles. The van der Waals surface area contributed by atoms with E-state index in [2.05, 4.69) is 5.32 Å². The number of benzene rings is 1. The van der Waals surface area contributed by atoms with Gasteiger partial charge in [-0.1, -0.05) is 30.3 Å². The molecule has 0 aliphatic carbocycles. The zero-order valence-corrected chi connectivity index (χ0v) is 13.3. The molecule has 0 fully saturated rings. The molecule has 1 aromatic carbocycles. The number of ether oxygens (including phenoxy) is 1. The predicted octanol–water partition coefficient (Wildman–Crippen LogP) is 2.94. The van der Waals surface area contributed by atoms with Gasteiger partial charge in [-0.3, -0.25) is 4.79 Å². The lowest BCUT2D eigenvalue weighted by atomic mass is 9.91. The van der Waals surface area contributed by atoms with Crippen LogP contribution in [0.2, 0.25) is 0 Å². The molecular formula is C17H23NO3. The summed E-state index contributed by atoms with van der Waals surface area (Å²) in [5, 5.41) is 2.86. The number of hydrogen-bond acceptors (Lipinski definition) is 3. The fourth-order valence-electron chi connectivity index (χ4n) is 1.93. The first-order chi connectivity index (χ1) is 9.62. The summed E-state index contributed by atoms with van der Waals surface area (Å²) in [6.07, 6.45) is 3.01. The Hall–Kier alpha value is -2.10. The fourth-order valence-corrected chi connectivity index (χ4v) is 1.93. The second kappa shape index (κ2) is 6.57. The van der Waals surface area contributed by atoms with Gasteiger partial charge in [0.25, 0.3) is 0 Å². The van der Waals surface area contributed by atoms with Gasteiger partial charge in [-0.25, -0.2) is 4.79 Å². The van der Waals surface area contributed by atoms with Crippen LogP contribution < -0.4 is 5.32 Å². The van der Waals surface area contributed by atoms with Crippen molar-refractivity contribution in [1.29, 1.82) is 0 Å². The Balaban J connectivity index is 2.99. The molecule has 4 nitrogen and oxygen atoms in total. The first kappa shape index (κ1) is 17.0. The molecule has 1 rings (SSSR count). The number of amides is 1. The number of hydrogen-bond donors (Lipinski definition) is 1. The van der Waals surface area contributed by atoms with E-state index < -0.39 is 17.1 Å². The van der Waals surface area contributed by atoms with Gasteiger partial charge >= 0.3 is 5.97 Å². The van der Waals surface area contributed by atoms with Gasteiger partial charge in [0.05, 0.1) is 5.54 Å². The van der Waals surface area contributed by atoms with Crippen LogP contribution in [-0.2, 0) is 19.9 Å². The van der Waals surface area contributed by atoms with E-state index in [1.165, 1.54) is 13.0 Å². The van der Waals surface area contributed by atoms with E-state index in [9.17, 15) is 9.59 Å². The van der Waals surface area contributed by atoms with Crippen molar-refractivity contribution in [2.75, 3.05) is 0 Å². The maximum absolute atomic E-state index is 11.8. The number of rotatable bonds is 4. The molecule has 0 heterocycles. The predicted molar refractivity (Wildman–Crippen MR) is 82.6 cm³/mol. The minimum absolute atomic E-state index is 0.171. The van der Waals surface area contributed by atoms with Gasteiger partial charge in [0.2, 0.25) is 5.91 Å². The van der Waals surface area contributed by atoms with E-state index in [1.807, 2.05) is 58.0 Å². The van der Waals surface area contributed by atoms with Gasteiger partial charge < -0.3 is 10.1 Å². The smallest absolute Gasteiger partial charge is 0.331 e. The van der Waals surface area contributed by atoms with E-state index in [0.29, 0.717) is 0 Å². The highest BCUT2D eigenvalue weighted by molar-refractivity contribution is 5.83. The molecule has 0 bridgehead atoms. The first-order valence-corrected chi connectivity index (χ1v) is 6.89. The van der Waals surface area contributed by atoms with Crippen LogP contribution in [0.3, 0.4) is 0 Å². The van der Waals surface area contributed by atoms with Gasteiger partial charge in [-0.15, -0.1) is 0 Å². The third-order valence-corrected chi connectivity index (χ3v) is 2.77. The van der Waals surface area contributed by atoms with Gasteiger partial charge in [0.1, 0.15) is 5.60 Å². The molecule has 114 valence electrons. The van der Waals surface area contributed by atoms with Crippen molar-refractivity contribution in [2.45, 2.75) is 45.8 Å². The van der Waals surface area contributed by atoms with Gasteiger partial charge in [-0.2, -0.15) is 0 Å². The Bertz CT molecular complexity index is 529. The molecule has 0 aliphatic rings. The van der Waals surface area contributed by atoms with Crippen LogP contribution in [0.1, 0.15) is 40.2 Å². The molecule has 0 saturated carbocycles. The Morgan fingerprint density at radius 3 is 2.14 bits per heavy atom. The van der Waals surface area contributed by atoms with Crippen LogP contribution in [0.25, 0.3) is 0 Å². The highest BCUT2D eigenvalue weighted by atomic mass is 16.6. The zero-order chi connectivity index (χ0) is 16.1. The summed E-state index contributed by atoms with van der Waals surface area (Å²) in [5.41, 5.74) is -0.414. The van der Waals surface area contributed by atoms with Gasteiger partial charge in [0.15, 0.2) is 0 Å². The van der Waals surface area contributed by atoms with Crippen LogP contribution in [-0.4, -0.2) is 17.5 Å². The SMILES string of the molecule is CC(=O)NC(C)(/C=C/C(=O)OC(C)(C)C)c1ccccc1. The summed E-state index contributed by atoms with van der Waals surface area (Å²) >= 11 is 0. The highest BCUT2D eigenvalue weighted by Gasteiger charge is 2.25. The lowest BCUT2D eigenvalue weighted by molar-refractivity contribution is -0.148. The molecule has 1 N–H and O–H groups in total. The maximum Gasteiger partial charge on any atom is 0.331 e. The lowest BCUT2D eigenvalue weighted by Gasteiger charge is -2.28. The number of nitrogens with one attached hydrogen (secondary N) is 1. The van der Waals surface area contributed by atoms with E-state index in [4.69, 9.17) is 4.74 Å². The summed E-state index contributed by atoms with van der Waals surface area (Å²) in [6.45, 7) is 8.71. The first-order valence-electron chi connectivity index (χ1n) is 6.89. The maximum atomic E-state index is 11.8. The molecule has 1 atom stereocenters. The standard InChI is InChI=1S/C17H23NO3/c1-13(19)18-17(5,14-9-7-6-8-10-14)12-11-15(20)21-16(2,3)4/h6-12H,1-5H3,(H,18,19)/b12-11+. The third kappa shape index (κ3) is 5.81. The second-order valence-corrected chi connectivity index (χ2v) is 6.12. The molecule has 21 heavy (non-hydrogen) atoms. The normalized spacial score (nSPS) is 14.5. The Morgan fingerprint density at radius 2 is 1.67 bits per heavy atom. The molecule has 0 spiro atoms. The number of esters is 1. The number of carbonyl (C=O) groups is 2. The molecule has 0 saturated heterocycles. The van der Waals surface area contributed by atoms with Crippen LogP contribution >= 0.6 is 0 Å². The Kier molecular flexibility index (Phi) is 5.30. The topological polar surface area (TPSA) is 55.4 Å². The van der Waals surface area contributed by atoms with Gasteiger partial charge in [-0.05, 0) is 39.3 Å². The lowest BCUT2D eigenvalue weighted by Crippen LogP contribution is -2.41. The molecule has 0 aliphatic heterocycles. The number of carbonyl (C=O) groups excluding carboxylic acids is 2. The Morgan fingerprint density at radius 1 is 1.10 bits per heavy atom. The fraction of sp³-hybridized carbons (Fsp3) is 0.412. The van der Waals surface area contributed by atoms with Gasteiger partial charge in [0, 0.05) is 13.0 Å². The van der Waals surface area contributed by atoms with Crippen molar-refractivity contribution in [1.82, 2.24) is 5.32 Å². The summed E-state index contributed by atoms with van der Waals surface area (Å²) in [4.78, 5) is 23.2. The van der Waals surface area contributed by atoms with Crippen molar-refractivity contribution in [3.8, 4) is 0 Å². The summed E-state index contributed by atoms with van der Waals surface area (Å²) in [7, 11) is 0. The van der Waals surface area contributed by atoms with Crippen LogP contribution in [0.5, 0.6) is 0 Å². The van der Waals surface area contributed by atoms with E-state index in [0.717, 1.165) is 5.56 Å². The minimum Gasteiger partial charge on any atom is -0.457 e. The largest absolute Gasteiger partial charge is 0.457 e. The third-order valence-electron chi connectivity index (χ3n) is 2.77. The van der Waals surface area contributed by atoms with Crippen molar-refractivity contribution < 1.29 is 14.3 Å². The zero-order valence-electron chi connectivity index (χ0n) is 13.3. The molecule has 1 unspecified atom stereocenters. The summed E-state index contributed by atoms with van der Waals surface area (Å²) < 4.78 is 5.24. The van der Waals surface area contributed by atoms with Crippen molar-refractivity contribution in [2.24, 2.45) is 0 Å². The van der Waals surface area contributed by atoms with E-state index in [1.54, 1.807) is 6.08 Å². The summed E-state index contributed by atoms with van der Waals surface area (Å²) in [6, 6.07) is 9.47. The van der Waals surface area contributed by atoms with E-state index in [-0.39, 0.29) is 5.91 Å². The molecule has 0 radical (unpaired) electrons. The van der Waals surface area contributed by atoms with Crippen molar-refractivity contribution in [3.05, 3.63) is 48.0 Å². The molecule has 1 amide bonds. The average molecular weight is 289 g/mol. The second-order valence-electron chi connectivity index (χ2n) is 6.12. The van der Waals surface area contributed by atoms with Crippen LogP contribution in [0.4, 0.5) is 0 Å². The van der Waals surface area contributed by atoms with Crippen molar-refractivity contribution in [3.63, 3.8) is 0 Å². The monoisotopic (exact) mass is 289 g/mol.